The van der Waals surface area contributed by atoms with Gasteiger partial charge < -0.3 is 20.3 Å². The highest BCUT2D eigenvalue weighted by Crippen LogP contribution is 2.50. The van der Waals surface area contributed by atoms with Crippen molar-refractivity contribution in [2.45, 2.75) is 31.8 Å². The number of hydrogen-bond acceptors (Lipinski definition) is 6. The van der Waals surface area contributed by atoms with Gasteiger partial charge in [-0.15, -0.1) is 0 Å². The number of carbonyl (C=O) groups excluding carboxylic acids is 2. The van der Waals surface area contributed by atoms with Crippen LogP contribution >= 0.6 is 30.9 Å². The molecule has 2 amide bonds. The number of anilines is 1. The van der Waals surface area contributed by atoms with Gasteiger partial charge in [-0.2, -0.15) is 5.10 Å². The molecule has 0 radical (unpaired) electrons. The number of H-pyrrole nitrogens is 1. The molecule has 1 aromatic heterocycles. The van der Waals surface area contributed by atoms with Crippen LogP contribution in [-0.4, -0.2) is 62.9 Å². The fourth-order valence-electron chi connectivity index (χ4n) is 4.86. The molecular formula is C29H29Cl2N6O6P. The summed E-state index contributed by atoms with van der Waals surface area (Å²) in [7, 11) is -3.90. The summed E-state index contributed by atoms with van der Waals surface area (Å²) in [6.45, 7) is 1.87. The van der Waals surface area contributed by atoms with Crippen LogP contribution in [0.5, 0.6) is 5.75 Å². The number of fused-ring (bicyclic) bond motifs is 1. The highest BCUT2D eigenvalue weighted by molar-refractivity contribution is 7.54. The van der Waals surface area contributed by atoms with Crippen LogP contribution in [-0.2, 0) is 9.36 Å². The lowest BCUT2D eigenvalue weighted by Gasteiger charge is -2.37. The van der Waals surface area contributed by atoms with E-state index in [2.05, 4.69) is 25.9 Å². The number of carboxylic acids is 1. The summed E-state index contributed by atoms with van der Waals surface area (Å²) in [6.07, 6.45) is 2.15. The Labute approximate surface area is 262 Å². The van der Waals surface area contributed by atoms with Gasteiger partial charge in [-0.05, 0) is 43.4 Å². The topological polar surface area (TPSA) is 166 Å². The lowest BCUT2D eigenvalue weighted by Crippen LogP contribution is -2.47. The number of carboxylic acid groups (broad SMARTS) is 1. The van der Waals surface area contributed by atoms with Crippen LogP contribution < -0.4 is 20.2 Å². The van der Waals surface area contributed by atoms with E-state index in [1.54, 1.807) is 22.9 Å². The van der Waals surface area contributed by atoms with Gasteiger partial charge >= 0.3 is 13.6 Å². The number of nitrogens with one attached hydrogen (secondary N) is 4. The summed E-state index contributed by atoms with van der Waals surface area (Å²) in [5.41, 5.74) is 0.170. The number of amides is 2. The lowest BCUT2D eigenvalue weighted by molar-refractivity contribution is -0.138. The minimum atomic E-state index is -3.90. The number of rotatable bonds is 10. The molecule has 1 aliphatic heterocycles. The van der Waals surface area contributed by atoms with E-state index in [-0.39, 0.29) is 46.1 Å². The van der Waals surface area contributed by atoms with Crippen LogP contribution in [0.25, 0.3) is 10.8 Å². The Morgan fingerprint density at radius 1 is 1.02 bits per heavy atom. The second-order valence-corrected chi connectivity index (χ2v) is 13.0. The second-order valence-electron chi connectivity index (χ2n) is 10.2. The van der Waals surface area contributed by atoms with Crippen molar-refractivity contribution in [3.05, 3.63) is 88.2 Å². The Hall–Kier alpha value is -3.93. The van der Waals surface area contributed by atoms with Gasteiger partial charge in [0.25, 0.3) is 11.8 Å². The second kappa shape index (κ2) is 13.4. The van der Waals surface area contributed by atoms with Gasteiger partial charge in [0.05, 0.1) is 21.3 Å². The van der Waals surface area contributed by atoms with Crippen molar-refractivity contribution in [1.29, 1.82) is 0 Å². The maximum absolute atomic E-state index is 14.3. The van der Waals surface area contributed by atoms with Gasteiger partial charge in [-0.25, -0.2) is 14.3 Å². The van der Waals surface area contributed by atoms with Gasteiger partial charge in [0.1, 0.15) is 11.8 Å². The quantitative estimate of drug-likeness (QED) is 0.137. The number of aromatic nitrogens is 2. The fraction of sp³-hybridized carbons (Fsp3) is 0.241. The van der Waals surface area contributed by atoms with Crippen molar-refractivity contribution >= 4 is 65.1 Å². The Kier molecular flexibility index (Phi) is 9.57. The molecule has 4 aromatic rings. The average molecular weight is 659 g/mol. The zero-order valence-electron chi connectivity index (χ0n) is 23.4. The molecule has 1 aliphatic rings. The molecule has 0 saturated carbocycles. The van der Waals surface area contributed by atoms with Crippen LogP contribution in [0.15, 0.2) is 66.9 Å². The molecule has 0 aliphatic carbocycles. The van der Waals surface area contributed by atoms with Crippen LogP contribution in [0.1, 0.15) is 40.6 Å². The minimum Gasteiger partial charge on any atom is -0.480 e. The number of carbonyl (C=O) groups is 3. The predicted octanol–water partition coefficient (Wildman–Crippen LogP) is 5.57. The Bertz CT molecular complexity index is 1730. The molecule has 2 atom stereocenters. The largest absolute Gasteiger partial charge is 0.480 e. The molecule has 0 spiro atoms. The number of aromatic amines is 1. The first-order chi connectivity index (χ1) is 21.1. The van der Waals surface area contributed by atoms with Gasteiger partial charge in [0.15, 0.2) is 5.69 Å². The molecule has 12 nitrogen and oxygen atoms in total. The first-order valence-electron chi connectivity index (χ1n) is 13.7. The summed E-state index contributed by atoms with van der Waals surface area (Å²) in [5, 5.41) is 26.3. The first kappa shape index (κ1) is 31.5. The van der Waals surface area contributed by atoms with E-state index in [1.807, 2.05) is 30.3 Å². The molecule has 1 fully saturated rings. The fourth-order valence-corrected chi connectivity index (χ4v) is 7.54. The third-order valence-electron chi connectivity index (χ3n) is 7.17. The normalized spacial score (nSPS) is 16.2. The highest BCUT2D eigenvalue weighted by atomic mass is 35.5. The molecule has 5 N–H and O–H groups in total. The highest BCUT2D eigenvalue weighted by Gasteiger charge is 2.39. The van der Waals surface area contributed by atoms with Crippen molar-refractivity contribution in [2.24, 2.45) is 0 Å². The maximum Gasteiger partial charge on any atom is 0.393 e. The number of piperidine rings is 1. The Balaban J connectivity index is 1.26. The van der Waals surface area contributed by atoms with E-state index in [1.165, 1.54) is 25.3 Å². The van der Waals surface area contributed by atoms with Crippen LogP contribution in [0.4, 0.5) is 5.69 Å². The molecular weight excluding hydrogens is 630 g/mol. The first-order valence-corrected chi connectivity index (χ1v) is 16.0. The molecule has 44 heavy (non-hydrogen) atoms. The SMILES string of the molecule is C[C@H](NP(=O)(Oc1cccc2ccccc12)N1CCC(NC(=O)c2n[nH]cc2NC(=O)c2c(Cl)cccc2Cl)CC1)C(=O)O. The zero-order chi connectivity index (χ0) is 31.4. The zero-order valence-corrected chi connectivity index (χ0v) is 25.8. The number of hydrogen-bond donors (Lipinski definition) is 5. The number of nitrogens with zero attached hydrogens (tertiary/aromatic N) is 2. The third-order valence-corrected chi connectivity index (χ3v) is 10.1. The summed E-state index contributed by atoms with van der Waals surface area (Å²) in [4.78, 5) is 37.6. The van der Waals surface area contributed by atoms with Crippen molar-refractivity contribution in [2.75, 3.05) is 18.4 Å². The van der Waals surface area contributed by atoms with Gasteiger partial charge in [0, 0.05) is 30.7 Å². The Morgan fingerprint density at radius 2 is 1.68 bits per heavy atom. The predicted molar refractivity (Wildman–Crippen MR) is 167 cm³/mol. The van der Waals surface area contributed by atoms with Crippen molar-refractivity contribution in [3.8, 4) is 5.75 Å². The van der Waals surface area contributed by atoms with Crippen molar-refractivity contribution in [1.82, 2.24) is 25.3 Å². The molecule has 5 rings (SSSR count). The Morgan fingerprint density at radius 3 is 2.39 bits per heavy atom. The van der Waals surface area contributed by atoms with Crippen LogP contribution in [0.3, 0.4) is 0 Å². The van der Waals surface area contributed by atoms with E-state index < -0.39 is 31.5 Å². The molecule has 1 saturated heterocycles. The van der Waals surface area contributed by atoms with E-state index in [0.29, 0.717) is 18.6 Å². The standard InChI is InChI=1S/C29H29Cl2N6O6P/c1-17(29(40)41)36-44(42,43-24-11-4-7-18-6-2-3-8-20(18)24)37-14-12-19(13-15-37)33-28(39)26-23(16-32-35-26)34-27(38)25-21(30)9-5-10-22(25)31/h2-11,16-17,19H,12-15H2,1H3,(H,32,35)(H,33,39)(H,34,38)(H,36,42)(H,40,41)/t17-,44?/m0/s1. The number of aliphatic carboxylic acids is 1. The molecule has 1 unspecified atom stereocenters. The van der Waals surface area contributed by atoms with E-state index >= 15 is 0 Å². The van der Waals surface area contributed by atoms with Crippen LogP contribution in [0, 0.1) is 0 Å². The van der Waals surface area contributed by atoms with Gasteiger partial charge in [-0.3, -0.25) is 19.5 Å². The number of halogens is 2. The van der Waals surface area contributed by atoms with E-state index in [0.717, 1.165) is 10.8 Å². The molecule has 2 heterocycles. The summed E-state index contributed by atoms with van der Waals surface area (Å²) < 4.78 is 22.0. The minimum absolute atomic E-state index is 0.0362. The van der Waals surface area contributed by atoms with Crippen molar-refractivity contribution < 1.29 is 28.6 Å². The van der Waals surface area contributed by atoms with Gasteiger partial charge in [0.2, 0.25) is 0 Å². The molecule has 3 aromatic carbocycles. The third kappa shape index (κ3) is 6.90. The smallest absolute Gasteiger partial charge is 0.393 e. The monoisotopic (exact) mass is 658 g/mol. The van der Waals surface area contributed by atoms with E-state index in [4.69, 9.17) is 27.7 Å². The van der Waals surface area contributed by atoms with Gasteiger partial charge in [-0.1, -0.05) is 65.7 Å². The molecule has 0 bridgehead atoms. The lowest BCUT2D eigenvalue weighted by atomic mass is 10.1. The average Bonchev–Trinajstić information content (AvgIpc) is 3.45. The summed E-state index contributed by atoms with van der Waals surface area (Å²) >= 11 is 12.3. The maximum atomic E-state index is 14.3. The van der Waals surface area contributed by atoms with E-state index in [9.17, 15) is 24.1 Å². The molecule has 230 valence electrons. The van der Waals surface area contributed by atoms with Crippen molar-refractivity contribution in [3.63, 3.8) is 0 Å². The number of benzene rings is 3. The molecule has 15 heteroatoms. The summed E-state index contributed by atoms with van der Waals surface area (Å²) in [6, 6.07) is 16.0. The summed E-state index contributed by atoms with van der Waals surface area (Å²) in [5.74, 6) is -1.95. The van der Waals surface area contributed by atoms with Crippen LogP contribution in [0.2, 0.25) is 10.0 Å².